The van der Waals surface area contributed by atoms with Crippen molar-refractivity contribution in [1.82, 2.24) is 0 Å². The first-order valence-electron chi connectivity index (χ1n) is 16.9. The molecule has 0 saturated heterocycles. The summed E-state index contributed by atoms with van der Waals surface area (Å²) in [5, 5.41) is 12.4. The van der Waals surface area contributed by atoms with Crippen LogP contribution in [0.5, 0.6) is 11.5 Å². The number of methoxy groups -OCH3 is 1. The first kappa shape index (κ1) is 35.4. The number of halogens is 1. The van der Waals surface area contributed by atoms with Crippen LogP contribution < -0.4 is 31.2 Å². The number of aryl methyl sites for hydroxylation is 1. The molecule has 3 rings (SSSR count). The molecule has 0 spiro atoms. The highest BCUT2D eigenvalue weighted by Crippen LogP contribution is 2.42. The first-order chi connectivity index (χ1) is 19.7. The molecule has 0 bridgehead atoms. The lowest BCUT2D eigenvalue weighted by Crippen LogP contribution is -3.00. The normalized spacial score (nSPS) is 12.2. The molecule has 1 aliphatic rings. The predicted molar refractivity (Wildman–Crippen MR) is 172 cm³/mol. The zero-order valence-corrected chi connectivity index (χ0v) is 28.2. The topological polar surface area (TPSA) is 36.6 Å². The van der Waals surface area contributed by atoms with Gasteiger partial charge in [0.25, 0.3) is 5.52 Å². The van der Waals surface area contributed by atoms with Gasteiger partial charge in [-0.15, -0.1) is 0 Å². The van der Waals surface area contributed by atoms with Crippen LogP contribution in [0, 0.1) is 0 Å². The average molecular weight is 632 g/mol. The molecular formula is C36H59BrN2O2. The third kappa shape index (κ3) is 11.5. The highest BCUT2D eigenvalue weighted by Gasteiger charge is 2.26. The minimum absolute atomic E-state index is 0. The summed E-state index contributed by atoms with van der Waals surface area (Å²) in [5.74, 6) is 0.827. The molecule has 0 aliphatic carbocycles. The Morgan fingerprint density at radius 1 is 0.732 bits per heavy atom. The minimum Gasteiger partial charge on any atom is -1.00 e. The third-order valence-corrected chi connectivity index (χ3v) is 8.69. The monoisotopic (exact) mass is 630 g/mol. The second kappa shape index (κ2) is 21.0. The van der Waals surface area contributed by atoms with E-state index >= 15 is 0 Å². The van der Waals surface area contributed by atoms with Gasteiger partial charge in [0.1, 0.15) is 6.54 Å². The molecule has 4 nitrogen and oxygen atoms in total. The Hall–Kier alpha value is -1.75. The zero-order valence-electron chi connectivity index (χ0n) is 26.6. The molecule has 232 valence electrons. The van der Waals surface area contributed by atoms with E-state index in [1.165, 1.54) is 128 Å². The van der Waals surface area contributed by atoms with Crippen LogP contribution in [0.15, 0.2) is 24.5 Å². The number of pyridine rings is 1. The minimum atomic E-state index is 0. The molecule has 2 heterocycles. The number of unbranched alkanes of at least 4 members (excludes halogenated alkanes) is 18. The van der Waals surface area contributed by atoms with Crippen LogP contribution in [0.4, 0.5) is 5.69 Å². The third-order valence-electron chi connectivity index (χ3n) is 8.69. The van der Waals surface area contributed by atoms with Crippen LogP contribution in [0.25, 0.3) is 17.0 Å². The second-order valence-corrected chi connectivity index (χ2v) is 12.0. The molecule has 1 aromatic carbocycles. The molecule has 0 radical (unpaired) electrons. The van der Waals surface area contributed by atoms with Crippen molar-refractivity contribution in [3.05, 3.63) is 30.1 Å². The summed E-state index contributed by atoms with van der Waals surface area (Å²) in [6.45, 7) is 6.52. The van der Waals surface area contributed by atoms with E-state index in [1.807, 2.05) is 6.07 Å². The van der Waals surface area contributed by atoms with Gasteiger partial charge >= 0.3 is 0 Å². The lowest BCUT2D eigenvalue weighted by molar-refractivity contribution is -0.672. The van der Waals surface area contributed by atoms with E-state index in [9.17, 15) is 5.11 Å². The van der Waals surface area contributed by atoms with Gasteiger partial charge in [0, 0.05) is 25.2 Å². The van der Waals surface area contributed by atoms with Gasteiger partial charge in [-0.3, -0.25) is 0 Å². The van der Waals surface area contributed by atoms with E-state index < -0.39 is 0 Å². The predicted octanol–water partition coefficient (Wildman–Crippen LogP) is 7.48. The van der Waals surface area contributed by atoms with Crippen LogP contribution >= 0.6 is 0 Å². The van der Waals surface area contributed by atoms with Crippen molar-refractivity contribution in [3.8, 4) is 11.5 Å². The first-order valence-corrected chi connectivity index (χ1v) is 16.9. The van der Waals surface area contributed by atoms with Crippen molar-refractivity contribution in [1.29, 1.82) is 0 Å². The number of ether oxygens (including phenoxy) is 1. The van der Waals surface area contributed by atoms with Gasteiger partial charge < -0.3 is 31.7 Å². The summed E-state index contributed by atoms with van der Waals surface area (Å²) in [6, 6.07) is 4.24. The Bertz CT molecular complexity index is 1020. The summed E-state index contributed by atoms with van der Waals surface area (Å²) in [4.78, 5) is 2.39. The molecule has 2 aromatic rings. The standard InChI is InChI=1S/C36H58N2O2.BrH/c1-4-6-8-10-12-14-16-18-20-22-26-37-28-24-31-30-33(40-3)36(39)35-34(31)32(37)25-29-38(35)27-23-21-19-17-15-13-11-9-7-5-2;/h24-25,28-30H,4-23,26-27H2,1-3H3;1H. The van der Waals surface area contributed by atoms with Gasteiger partial charge in [-0.25, -0.2) is 0 Å². The number of aromatic hydroxyl groups is 1. The van der Waals surface area contributed by atoms with Gasteiger partial charge in [-0.1, -0.05) is 123 Å². The van der Waals surface area contributed by atoms with Gasteiger partial charge in [0.05, 0.1) is 18.2 Å². The van der Waals surface area contributed by atoms with Crippen LogP contribution in [0.2, 0.25) is 0 Å². The van der Waals surface area contributed by atoms with Crippen molar-refractivity contribution in [2.45, 2.75) is 149 Å². The maximum absolute atomic E-state index is 11.2. The van der Waals surface area contributed by atoms with Crippen molar-refractivity contribution >= 4 is 22.7 Å². The fraction of sp³-hybridized carbons (Fsp3) is 0.694. The number of nitrogens with zero attached hydrogens (tertiary/aromatic N) is 2. The fourth-order valence-electron chi connectivity index (χ4n) is 6.22. The number of phenols is 1. The molecule has 0 atom stereocenters. The number of benzene rings is 1. The molecule has 1 N–H and O–H groups in total. The average Bonchev–Trinajstić information content (AvgIpc) is 2.97. The molecule has 0 fully saturated rings. The SMILES string of the molecule is CCCCCCCCCCCCN1C=Cc2cc(OC)c(O)c3c2c1cc[n+]3CCCCCCCCCCCC.[Br-]. The zero-order chi connectivity index (χ0) is 28.4. The van der Waals surface area contributed by atoms with Gasteiger partial charge in [-0.05, 0) is 30.5 Å². The molecule has 0 saturated carbocycles. The summed E-state index contributed by atoms with van der Waals surface area (Å²) < 4.78 is 7.83. The van der Waals surface area contributed by atoms with Gasteiger partial charge in [-0.2, -0.15) is 4.57 Å². The van der Waals surface area contributed by atoms with Crippen molar-refractivity contribution in [3.63, 3.8) is 0 Å². The quantitative estimate of drug-likeness (QED) is 0.102. The number of rotatable bonds is 23. The van der Waals surface area contributed by atoms with E-state index in [4.69, 9.17) is 4.74 Å². The summed E-state index contributed by atoms with van der Waals surface area (Å²) in [6.07, 6.45) is 33.4. The smallest absolute Gasteiger partial charge is 0.261 e. The van der Waals surface area contributed by atoms with Gasteiger partial charge in [0.2, 0.25) is 5.75 Å². The Morgan fingerprint density at radius 2 is 1.24 bits per heavy atom. The fourth-order valence-corrected chi connectivity index (χ4v) is 6.22. The van der Waals surface area contributed by atoms with Crippen molar-refractivity contribution < 1.29 is 31.4 Å². The van der Waals surface area contributed by atoms with Crippen LogP contribution in [-0.2, 0) is 6.54 Å². The van der Waals surface area contributed by atoms with Crippen LogP contribution in [0.1, 0.15) is 148 Å². The largest absolute Gasteiger partial charge is 1.00 e. The molecule has 41 heavy (non-hydrogen) atoms. The molecule has 0 unspecified atom stereocenters. The molecular weight excluding hydrogens is 572 g/mol. The Balaban J connectivity index is 0.00000588. The molecule has 1 aromatic heterocycles. The van der Waals surface area contributed by atoms with Gasteiger partial charge in [0.15, 0.2) is 11.9 Å². The van der Waals surface area contributed by atoms with Crippen LogP contribution in [-0.4, -0.2) is 18.8 Å². The van der Waals surface area contributed by atoms with Crippen LogP contribution in [0.3, 0.4) is 0 Å². The molecule has 5 heteroatoms. The number of aromatic nitrogens is 1. The Labute approximate surface area is 262 Å². The number of hydrogen-bond acceptors (Lipinski definition) is 3. The second-order valence-electron chi connectivity index (χ2n) is 12.0. The maximum atomic E-state index is 11.2. The highest BCUT2D eigenvalue weighted by atomic mass is 79.9. The van der Waals surface area contributed by atoms with E-state index in [-0.39, 0.29) is 22.7 Å². The number of hydrogen-bond donors (Lipinski definition) is 1. The molecule has 0 amide bonds. The summed E-state index contributed by atoms with van der Waals surface area (Å²) >= 11 is 0. The number of anilines is 1. The Kier molecular flexibility index (Phi) is 18.2. The molecule has 1 aliphatic heterocycles. The van der Waals surface area contributed by atoms with E-state index in [0.29, 0.717) is 5.75 Å². The van der Waals surface area contributed by atoms with Crippen molar-refractivity contribution in [2.75, 3.05) is 18.6 Å². The van der Waals surface area contributed by atoms with Crippen molar-refractivity contribution in [2.24, 2.45) is 0 Å². The number of phenolic OH excluding ortho intramolecular Hbond substituents is 1. The highest BCUT2D eigenvalue weighted by molar-refractivity contribution is 6.03. The lowest BCUT2D eigenvalue weighted by atomic mass is 10.0. The van der Waals surface area contributed by atoms with E-state index in [2.05, 4.69) is 47.9 Å². The van der Waals surface area contributed by atoms with E-state index in [0.717, 1.165) is 36.0 Å². The summed E-state index contributed by atoms with van der Waals surface area (Å²) in [5.41, 5.74) is 3.26. The Morgan fingerprint density at radius 3 is 1.78 bits per heavy atom. The van der Waals surface area contributed by atoms with E-state index in [1.54, 1.807) is 7.11 Å². The summed E-state index contributed by atoms with van der Waals surface area (Å²) in [7, 11) is 1.65. The maximum Gasteiger partial charge on any atom is 0.261 e. The lowest BCUT2D eigenvalue weighted by Gasteiger charge is -2.26.